The van der Waals surface area contributed by atoms with Gasteiger partial charge in [0.15, 0.2) is 0 Å². The highest BCUT2D eigenvalue weighted by Crippen LogP contribution is 2.15. The molecule has 0 aromatic heterocycles. The molecule has 1 amide bonds. The van der Waals surface area contributed by atoms with E-state index in [0.29, 0.717) is 12.0 Å². The van der Waals surface area contributed by atoms with Crippen molar-refractivity contribution in [2.24, 2.45) is 11.7 Å². The van der Waals surface area contributed by atoms with E-state index in [-0.39, 0.29) is 11.9 Å². The second kappa shape index (κ2) is 6.21. The molecule has 1 rings (SSSR count). The molecule has 0 spiro atoms. The molecule has 94 valence electrons. The fourth-order valence-corrected chi connectivity index (χ4v) is 2.12. The first kappa shape index (κ1) is 13.5. The average molecular weight is 228 g/mol. The van der Waals surface area contributed by atoms with E-state index in [4.69, 9.17) is 10.5 Å². The summed E-state index contributed by atoms with van der Waals surface area (Å²) in [5.74, 6) is 0.530. The maximum absolute atomic E-state index is 12.0. The number of hydrogen-bond acceptors (Lipinski definition) is 3. The Bertz CT molecular complexity index is 225. The van der Waals surface area contributed by atoms with Crippen molar-refractivity contribution in [1.29, 1.82) is 0 Å². The fraction of sp³-hybridized carbons (Fsp3) is 0.917. The van der Waals surface area contributed by atoms with E-state index in [1.54, 1.807) is 0 Å². The molecule has 1 aliphatic rings. The molecular weight excluding hydrogens is 204 g/mol. The van der Waals surface area contributed by atoms with Crippen LogP contribution in [0.15, 0.2) is 0 Å². The van der Waals surface area contributed by atoms with E-state index in [9.17, 15) is 4.79 Å². The van der Waals surface area contributed by atoms with Crippen LogP contribution in [0.3, 0.4) is 0 Å². The molecule has 0 aliphatic carbocycles. The first-order valence-corrected chi connectivity index (χ1v) is 6.12. The Morgan fingerprint density at radius 1 is 1.44 bits per heavy atom. The van der Waals surface area contributed by atoms with Crippen molar-refractivity contribution in [3.05, 3.63) is 0 Å². The van der Waals surface area contributed by atoms with Crippen LogP contribution in [0.4, 0.5) is 0 Å². The zero-order valence-corrected chi connectivity index (χ0v) is 10.6. The summed E-state index contributed by atoms with van der Waals surface area (Å²) in [6, 6.07) is -0.0488. The Morgan fingerprint density at radius 3 is 2.50 bits per heavy atom. The van der Waals surface area contributed by atoms with E-state index in [1.165, 1.54) is 0 Å². The summed E-state index contributed by atoms with van der Waals surface area (Å²) in [5, 5.41) is 0. The van der Waals surface area contributed by atoms with E-state index >= 15 is 0 Å². The molecule has 1 heterocycles. The molecule has 4 heteroatoms. The largest absolute Gasteiger partial charge is 0.381 e. The van der Waals surface area contributed by atoms with Gasteiger partial charge in [-0.05, 0) is 25.2 Å². The normalized spacial score (nSPS) is 19.8. The number of hydrogen-bond donors (Lipinski definition) is 1. The van der Waals surface area contributed by atoms with Gasteiger partial charge in [0.1, 0.15) is 0 Å². The van der Waals surface area contributed by atoms with Gasteiger partial charge in [-0.15, -0.1) is 0 Å². The van der Waals surface area contributed by atoms with Crippen LogP contribution >= 0.6 is 0 Å². The second-order valence-corrected chi connectivity index (χ2v) is 5.03. The molecule has 16 heavy (non-hydrogen) atoms. The highest BCUT2D eigenvalue weighted by molar-refractivity contribution is 5.81. The molecule has 0 saturated carbocycles. The molecule has 0 bridgehead atoms. The van der Waals surface area contributed by atoms with Gasteiger partial charge in [0.2, 0.25) is 5.91 Å². The Morgan fingerprint density at radius 2 is 2.00 bits per heavy atom. The van der Waals surface area contributed by atoms with Crippen molar-refractivity contribution in [2.45, 2.75) is 45.2 Å². The Hall–Kier alpha value is -0.610. The van der Waals surface area contributed by atoms with Gasteiger partial charge in [0.25, 0.3) is 0 Å². The van der Waals surface area contributed by atoms with Gasteiger partial charge >= 0.3 is 0 Å². The quantitative estimate of drug-likeness (QED) is 0.781. The summed E-state index contributed by atoms with van der Waals surface area (Å²) in [4.78, 5) is 13.9. The van der Waals surface area contributed by atoms with E-state index in [1.807, 2.05) is 11.9 Å². The van der Waals surface area contributed by atoms with E-state index in [2.05, 4.69) is 13.8 Å². The first-order valence-electron chi connectivity index (χ1n) is 6.12. The number of likely N-dealkylation sites (N-methyl/N-ethyl adjacent to an activating group) is 1. The predicted octanol–water partition coefficient (Wildman–Crippen LogP) is 0.997. The highest BCUT2D eigenvalue weighted by Gasteiger charge is 2.26. The minimum Gasteiger partial charge on any atom is -0.381 e. The van der Waals surface area contributed by atoms with Crippen molar-refractivity contribution in [3.8, 4) is 0 Å². The predicted molar refractivity (Wildman–Crippen MR) is 64.0 cm³/mol. The maximum Gasteiger partial charge on any atom is 0.239 e. The molecule has 1 saturated heterocycles. The average Bonchev–Trinajstić information content (AvgIpc) is 2.27. The van der Waals surface area contributed by atoms with Crippen molar-refractivity contribution in [1.82, 2.24) is 4.90 Å². The van der Waals surface area contributed by atoms with Crippen LogP contribution in [0.1, 0.15) is 33.1 Å². The van der Waals surface area contributed by atoms with Gasteiger partial charge in [-0.2, -0.15) is 0 Å². The Balaban J connectivity index is 2.45. The smallest absolute Gasteiger partial charge is 0.239 e. The third-order valence-corrected chi connectivity index (χ3v) is 3.13. The fourth-order valence-electron chi connectivity index (χ4n) is 2.12. The van der Waals surface area contributed by atoms with Gasteiger partial charge in [-0.3, -0.25) is 4.79 Å². The zero-order valence-electron chi connectivity index (χ0n) is 10.6. The number of amides is 1. The summed E-state index contributed by atoms with van der Waals surface area (Å²) in [6.07, 6.45) is 2.61. The lowest BCUT2D eigenvalue weighted by molar-refractivity contribution is -0.135. The van der Waals surface area contributed by atoms with Crippen molar-refractivity contribution in [3.63, 3.8) is 0 Å². The van der Waals surface area contributed by atoms with E-state index < -0.39 is 0 Å². The van der Waals surface area contributed by atoms with Crippen LogP contribution in [-0.4, -0.2) is 43.2 Å². The SMILES string of the molecule is CC(C)C[C@H](N)C(=O)N(C)C1CCOCC1. The first-order chi connectivity index (χ1) is 7.52. The summed E-state index contributed by atoms with van der Waals surface area (Å²) in [5.41, 5.74) is 5.90. The van der Waals surface area contributed by atoms with Crippen LogP contribution in [0, 0.1) is 5.92 Å². The van der Waals surface area contributed by atoms with Gasteiger partial charge in [0.05, 0.1) is 6.04 Å². The maximum atomic E-state index is 12.0. The van der Waals surface area contributed by atoms with Gasteiger partial charge < -0.3 is 15.4 Å². The number of rotatable bonds is 4. The summed E-state index contributed by atoms with van der Waals surface area (Å²) in [6.45, 7) is 5.67. The highest BCUT2D eigenvalue weighted by atomic mass is 16.5. The van der Waals surface area contributed by atoms with Crippen molar-refractivity contribution >= 4 is 5.91 Å². The molecular formula is C12H24N2O2. The van der Waals surface area contributed by atoms with Gasteiger partial charge in [0, 0.05) is 26.3 Å². The monoisotopic (exact) mass is 228 g/mol. The lowest BCUT2D eigenvalue weighted by Crippen LogP contribution is -2.48. The third-order valence-electron chi connectivity index (χ3n) is 3.13. The molecule has 0 unspecified atom stereocenters. The number of carbonyl (C=O) groups excluding carboxylic acids is 1. The molecule has 4 nitrogen and oxygen atoms in total. The van der Waals surface area contributed by atoms with Crippen LogP contribution in [0.5, 0.6) is 0 Å². The lowest BCUT2D eigenvalue weighted by Gasteiger charge is -2.33. The van der Waals surface area contributed by atoms with Crippen molar-refractivity contribution in [2.75, 3.05) is 20.3 Å². The van der Waals surface area contributed by atoms with Gasteiger partial charge in [-0.25, -0.2) is 0 Å². The van der Waals surface area contributed by atoms with Crippen LogP contribution in [0.25, 0.3) is 0 Å². The molecule has 1 aliphatic heterocycles. The van der Waals surface area contributed by atoms with Crippen LogP contribution < -0.4 is 5.73 Å². The standard InChI is InChI=1S/C12H24N2O2/c1-9(2)8-11(13)12(15)14(3)10-4-6-16-7-5-10/h9-11H,4-8,13H2,1-3H3/t11-/m0/s1. The number of carbonyl (C=O) groups is 1. The minimum atomic E-state index is -0.354. The van der Waals surface area contributed by atoms with Crippen molar-refractivity contribution < 1.29 is 9.53 Å². The summed E-state index contributed by atoms with van der Waals surface area (Å²) >= 11 is 0. The lowest BCUT2D eigenvalue weighted by atomic mass is 10.0. The van der Waals surface area contributed by atoms with E-state index in [0.717, 1.165) is 32.5 Å². The number of nitrogens with two attached hydrogens (primary N) is 1. The molecule has 2 N–H and O–H groups in total. The molecule has 1 fully saturated rings. The zero-order chi connectivity index (χ0) is 12.1. The summed E-state index contributed by atoms with van der Waals surface area (Å²) in [7, 11) is 1.86. The molecule has 0 radical (unpaired) electrons. The topological polar surface area (TPSA) is 55.6 Å². The Kier molecular flexibility index (Phi) is 5.22. The molecule has 0 aromatic rings. The molecule has 0 aromatic carbocycles. The number of nitrogens with zero attached hydrogens (tertiary/aromatic N) is 1. The van der Waals surface area contributed by atoms with Crippen LogP contribution in [-0.2, 0) is 9.53 Å². The molecule has 1 atom stereocenters. The van der Waals surface area contributed by atoms with Crippen LogP contribution in [0.2, 0.25) is 0 Å². The minimum absolute atomic E-state index is 0.0700. The number of ether oxygens (including phenoxy) is 1. The Labute approximate surface area is 98.1 Å². The second-order valence-electron chi connectivity index (χ2n) is 5.03. The third kappa shape index (κ3) is 3.76. The van der Waals surface area contributed by atoms with Gasteiger partial charge in [-0.1, -0.05) is 13.8 Å². The summed E-state index contributed by atoms with van der Waals surface area (Å²) < 4.78 is 5.29.